The fraction of sp³-hybridized carbons (Fsp3) is 0.105. The molecular formula is C19H17N3O3. The van der Waals surface area contributed by atoms with E-state index < -0.39 is 5.97 Å². The molecule has 6 heteroatoms. The third-order valence-electron chi connectivity index (χ3n) is 3.76. The summed E-state index contributed by atoms with van der Waals surface area (Å²) in [4.78, 5) is 26.5. The summed E-state index contributed by atoms with van der Waals surface area (Å²) < 4.78 is 4.64. The number of esters is 1. The van der Waals surface area contributed by atoms with E-state index in [0.29, 0.717) is 5.56 Å². The van der Waals surface area contributed by atoms with Gasteiger partial charge in [-0.15, -0.1) is 0 Å². The summed E-state index contributed by atoms with van der Waals surface area (Å²) >= 11 is 0. The molecule has 0 bridgehead atoms. The second-order valence-corrected chi connectivity index (χ2v) is 5.44. The van der Waals surface area contributed by atoms with E-state index in [1.54, 1.807) is 24.3 Å². The zero-order valence-corrected chi connectivity index (χ0v) is 13.7. The van der Waals surface area contributed by atoms with Crippen LogP contribution >= 0.6 is 0 Å². The number of carbonyl (C=O) groups excluding carboxylic acids is 2. The van der Waals surface area contributed by atoms with Crippen molar-refractivity contribution in [2.75, 3.05) is 7.11 Å². The Kier molecular flexibility index (Phi) is 4.89. The van der Waals surface area contributed by atoms with Gasteiger partial charge in [0.2, 0.25) is 5.91 Å². The molecule has 1 amide bonds. The molecule has 3 rings (SSSR count). The van der Waals surface area contributed by atoms with Crippen molar-refractivity contribution in [3.63, 3.8) is 0 Å². The summed E-state index contributed by atoms with van der Waals surface area (Å²) in [5.74, 6) is -0.595. The fourth-order valence-electron chi connectivity index (χ4n) is 2.49. The van der Waals surface area contributed by atoms with Crippen molar-refractivity contribution in [3.8, 4) is 0 Å². The van der Waals surface area contributed by atoms with E-state index in [0.717, 1.165) is 22.0 Å². The third-order valence-corrected chi connectivity index (χ3v) is 3.76. The SMILES string of the molecule is COC(=O)c1ccc(/C=N/NC(=O)Cc2c[nH]c3ccccc23)cc1. The number of fused-ring (bicyclic) bond motifs is 1. The van der Waals surface area contributed by atoms with E-state index in [4.69, 9.17) is 0 Å². The quantitative estimate of drug-likeness (QED) is 0.427. The standard InChI is InChI=1S/C19H17N3O3/c1-25-19(24)14-8-6-13(7-9-14)11-21-22-18(23)10-15-12-20-17-5-3-2-4-16(15)17/h2-9,11-12,20H,10H2,1H3,(H,22,23)/b21-11+. The van der Waals surface area contributed by atoms with Gasteiger partial charge in [0, 0.05) is 17.1 Å². The first kappa shape index (κ1) is 16.4. The van der Waals surface area contributed by atoms with Crippen molar-refractivity contribution in [2.24, 2.45) is 5.10 Å². The van der Waals surface area contributed by atoms with Crippen molar-refractivity contribution in [1.82, 2.24) is 10.4 Å². The number of hydrogen-bond donors (Lipinski definition) is 2. The summed E-state index contributed by atoms with van der Waals surface area (Å²) in [6.45, 7) is 0. The van der Waals surface area contributed by atoms with Gasteiger partial charge in [-0.2, -0.15) is 5.10 Å². The predicted octanol–water partition coefficient (Wildman–Crippen LogP) is 2.65. The molecule has 6 nitrogen and oxygen atoms in total. The Hall–Kier alpha value is -3.41. The van der Waals surface area contributed by atoms with Crippen LogP contribution in [0.15, 0.2) is 59.8 Å². The first-order chi connectivity index (χ1) is 12.2. The topological polar surface area (TPSA) is 83.5 Å². The van der Waals surface area contributed by atoms with Gasteiger partial charge in [0.15, 0.2) is 0 Å². The molecule has 0 saturated heterocycles. The number of rotatable bonds is 5. The molecule has 0 aliphatic rings. The lowest BCUT2D eigenvalue weighted by molar-refractivity contribution is -0.120. The molecule has 3 aromatic rings. The van der Waals surface area contributed by atoms with Crippen molar-refractivity contribution in [2.45, 2.75) is 6.42 Å². The van der Waals surface area contributed by atoms with Gasteiger partial charge in [-0.25, -0.2) is 10.2 Å². The van der Waals surface area contributed by atoms with Crippen LogP contribution in [0.4, 0.5) is 0 Å². The molecule has 0 spiro atoms. The van der Waals surface area contributed by atoms with Crippen LogP contribution in [0.2, 0.25) is 0 Å². The molecule has 1 heterocycles. The summed E-state index contributed by atoms with van der Waals surface area (Å²) in [5, 5.41) is 4.97. The molecule has 1 aromatic heterocycles. The van der Waals surface area contributed by atoms with Gasteiger partial charge in [0.25, 0.3) is 0 Å². The number of H-pyrrole nitrogens is 1. The van der Waals surface area contributed by atoms with Crippen LogP contribution < -0.4 is 5.43 Å². The first-order valence-electron chi connectivity index (χ1n) is 7.72. The lowest BCUT2D eigenvalue weighted by Crippen LogP contribution is -2.19. The number of aromatic nitrogens is 1. The van der Waals surface area contributed by atoms with Crippen LogP contribution in [0.5, 0.6) is 0 Å². The van der Waals surface area contributed by atoms with Gasteiger partial charge in [-0.3, -0.25) is 4.79 Å². The number of hydrazone groups is 1. The minimum absolute atomic E-state index is 0.202. The number of ether oxygens (including phenoxy) is 1. The van der Waals surface area contributed by atoms with Gasteiger partial charge in [-0.05, 0) is 29.3 Å². The first-order valence-corrected chi connectivity index (χ1v) is 7.72. The Balaban J connectivity index is 1.58. The molecule has 2 N–H and O–H groups in total. The highest BCUT2D eigenvalue weighted by Crippen LogP contribution is 2.17. The second-order valence-electron chi connectivity index (χ2n) is 5.44. The van der Waals surface area contributed by atoms with Crippen molar-refractivity contribution < 1.29 is 14.3 Å². The van der Waals surface area contributed by atoms with Crippen LogP contribution in [-0.2, 0) is 16.0 Å². The molecule has 0 aliphatic carbocycles. The Labute approximate surface area is 144 Å². The van der Waals surface area contributed by atoms with E-state index in [9.17, 15) is 9.59 Å². The van der Waals surface area contributed by atoms with Gasteiger partial charge < -0.3 is 9.72 Å². The number of nitrogens with one attached hydrogen (secondary N) is 2. The number of carbonyl (C=O) groups is 2. The Morgan fingerprint density at radius 3 is 2.68 bits per heavy atom. The normalized spacial score (nSPS) is 10.9. The average molecular weight is 335 g/mol. The molecule has 0 atom stereocenters. The van der Waals surface area contributed by atoms with E-state index in [2.05, 4.69) is 20.2 Å². The molecule has 0 radical (unpaired) electrons. The number of nitrogens with zero attached hydrogens (tertiary/aromatic N) is 1. The van der Waals surface area contributed by atoms with Crippen LogP contribution in [0.3, 0.4) is 0 Å². The van der Waals surface area contributed by atoms with E-state index in [-0.39, 0.29) is 12.3 Å². The van der Waals surface area contributed by atoms with Crippen molar-refractivity contribution in [3.05, 3.63) is 71.4 Å². The lowest BCUT2D eigenvalue weighted by Gasteiger charge is -2.00. The Bertz CT molecular complexity index is 926. The average Bonchev–Trinajstić information content (AvgIpc) is 3.04. The summed E-state index contributed by atoms with van der Waals surface area (Å²) in [6.07, 6.45) is 3.59. The molecule has 2 aromatic carbocycles. The maximum absolute atomic E-state index is 12.0. The number of methoxy groups -OCH3 is 1. The van der Waals surface area contributed by atoms with Gasteiger partial charge in [-0.1, -0.05) is 30.3 Å². The molecule has 0 fully saturated rings. The fourth-order valence-corrected chi connectivity index (χ4v) is 2.49. The monoisotopic (exact) mass is 335 g/mol. The molecular weight excluding hydrogens is 318 g/mol. The Morgan fingerprint density at radius 1 is 1.16 bits per heavy atom. The number of para-hydroxylation sites is 1. The zero-order chi connectivity index (χ0) is 17.6. The molecule has 0 unspecified atom stereocenters. The number of amides is 1. The zero-order valence-electron chi connectivity index (χ0n) is 13.7. The second kappa shape index (κ2) is 7.44. The smallest absolute Gasteiger partial charge is 0.337 e. The Morgan fingerprint density at radius 2 is 1.92 bits per heavy atom. The van der Waals surface area contributed by atoms with Gasteiger partial charge in [0.1, 0.15) is 0 Å². The van der Waals surface area contributed by atoms with Crippen LogP contribution in [0.1, 0.15) is 21.5 Å². The molecule has 25 heavy (non-hydrogen) atoms. The van der Waals surface area contributed by atoms with E-state index in [1.807, 2.05) is 30.5 Å². The molecule has 0 saturated carbocycles. The minimum atomic E-state index is -0.393. The lowest BCUT2D eigenvalue weighted by atomic mass is 10.1. The third kappa shape index (κ3) is 3.92. The van der Waals surface area contributed by atoms with Crippen molar-refractivity contribution in [1.29, 1.82) is 0 Å². The maximum atomic E-state index is 12.0. The molecule has 0 aliphatic heterocycles. The highest BCUT2D eigenvalue weighted by molar-refractivity contribution is 5.91. The summed E-state index contributed by atoms with van der Waals surface area (Å²) in [5.41, 5.74) is 5.65. The van der Waals surface area contributed by atoms with Gasteiger partial charge >= 0.3 is 5.97 Å². The maximum Gasteiger partial charge on any atom is 0.337 e. The van der Waals surface area contributed by atoms with Crippen LogP contribution in [0, 0.1) is 0 Å². The number of benzene rings is 2. The number of aromatic amines is 1. The van der Waals surface area contributed by atoms with Crippen LogP contribution in [-0.4, -0.2) is 30.2 Å². The highest BCUT2D eigenvalue weighted by atomic mass is 16.5. The van der Waals surface area contributed by atoms with E-state index in [1.165, 1.54) is 13.3 Å². The largest absolute Gasteiger partial charge is 0.465 e. The predicted molar refractivity (Wildman–Crippen MR) is 95.5 cm³/mol. The minimum Gasteiger partial charge on any atom is -0.465 e. The van der Waals surface area contributed by atoms with Crippen LogP contribution in [0.25, 0.3) is 10.9 Å². The molecule has 126 valence electrons. The summed E-state index contributed by atoms with van der Waals surface area (Å²) in [7, 11) is 1.33. The van der Waals surface area contributed by atoms with E-state index >= 15 is 0 Å². The summed E-state index contributed by atoms with van der Waals surface area (Å²) in [6, 6.07) is 14.5. The highest BCUT2D eigenvalue weighted by Gasteiger charge is 2.07. The van der Waals surface area contributed by atoms with Crippen molar-refractivity contribution >= 4 is 29.0 Å². The van der Waals surface area contributed by atoms with Gasteiger partial charge in [0.05, 0.1) is 25.3 Å². The number of hydrogen-bond acceptors (Lipinski definition) is 4.